The Bertz CT molecular complexity index is 469. The summed E-state index contributed by atoms with van der Waals surface area (Å²) in [5, 5.41) is 2.44. The summed E-state index contributed by atoms with van der Waals surface area (Å²) < 4.78 is 27.5. The van der Waals surface area contributed by atoms with Crippen LogP contribution in [0.25, 0.3) is 0 Å². The highest BCUT2D eigenvalue weighted by Gasteiger charge is 2.19. The number of hydrogen-bond acceptors (Lipinski definition) is 3. The van der Waals surface area contributed by atoms with Crippen LogP contribution in [0.5, 0.6) is 0 Å². The van der Waals surface area contributed by atoms with E-state index >= 15 is 0 Å². The third-order valence-corrected chi connectivity index (χ3v) is 3.14. The highest BCUT2D eigenvalue weighted by molar-refractivity contribution is 5.94. The number of likely N-dealkylation sites (N-methyl/N-ethyl adjacent to an activating group) is 1. The number of nitrogens with one attached hydrogen (secondary N) is 1. The second-order valence-electron chi connectivity index (χ2n) is 5.16. The number of carbonyl (C=O) groups excluding carboxylic acids is 1. The number of amides is 1. The van der Waals surface area contributed by atoms with Crippen LogP contribution in [0.1, 0.15) is 23.7 Å². The summed E-state index contributed by atoms with van der Waals surface area (Å²) >= 11 is 0. The fourth-order valence-electron chi connectivity index (χ4n) is 2.02. The summed E-state index contributed by atoms with van der Waals surface area (Å²) in [6, 6.07) is 2.16. The molecule has 0 radical (unpaired) electrons. The summed E-state index contributed by atoms with van der Waals surface area (Å²) in [5.74, 6) is -1.87. The zero-order chi connectivity index (χ0) is 16.0. The lowest BCUT2D eigenvalue weighted by Crippen LogP contribution is -2.37. The highest BCUT2D eigenvalue weighted by atomic mass is 19.1. The minimum absolute atomic E-state index is 0.0382. The van der Waals surface area contributed by atoms with Crippen molar-refractivity contribution in [1.29, 1.82) is 0 Å². The lowest BCUT2D eigenvalue weighted by Gasteiger charge is -2.24. The van der Waals surface area contributed by atoms with Gasteiger partial charge in [0, 0.05) is 32.2 Å². The molecule has 0 bridgehead atoms. The predicted octanol–water partition coefficient (Wildman–Crippen LogP) is 2.42. The molecule has 0 saturated carbocycles. The van der Waals surface area contributed by atoms with Gasteiger partial charge in [0.05, 0.1) is 0 Å². The number of benzene rings is 1. The first kappa shape index (κ1) is 17.4. The second-order valence-corrected chi connectivity index (χ2v) is 5.16. The molecule has 0 aliphatic rings. The summed E-state index contributed by atoms with van der Waals surface area (Å²) in [6.45, 7) is 3.74. The van der Waals surface area contributed by atoms with E-state index in [0.717, 1.165) is 18.6 Å². The maximum Gasteiger partial charge on any atom is 0.254 e. The van der Waals surface area contributed by atoms with E-state index in [0.29, 0.717) is 19.6 Å². The van der Waals surface area contributed by atoms with Gasteiger partial charge in [-0.25, -0.2) is 8.78 Å². The minimum Gasteiger partial charge on any atom is -0.383 e. The molecule has 0 aliphatic heterocycles. The van der Waals surface area contributed by atoms with Gasteiger partial charge in [-0.05, 0) is 32.6 Å². The maximum atomic E-state index is 13.8. The van der Waals surface area contributed by atoms with Gasteiger partial charge >= 0.3 is 0 Å². The Kier molecular flexibility index (Phi) is 6.55. The molecule has 6 heteroatoms. The average Bonchev–Trinajstić information content (AvgIpc) is 2.42. The van der Waals surface area contributed by atoms with E-state index in [9.17, 15) is 13.6 Å². The Balaban J connectivity index is 2.98. The number of nitrogens with zero attached hydrogens (tertiary/aromatic N) is 2. The van der Waals surface area contributed by atoms with Gasteiger partial charge in [-0.1, -0.05) is 6.92 Å². The minimum atomic E-state index is -0.759. The van der Waals surface area contributed by atoms with E-state index in [1.54, 1.807) is 4.90 Å². The molecule has 4 nitrogen and oxygen atoms in total. The monoisotopic (exact) mass is 299 g/mol. The van der Waals surface area contributed by atoms with Gasteiger partial charge in [-0.2, -0.15) is 0 Å². The third-order valence-electron chi connectivity index (χ3n) is 3.14. The van der Waals surface area contributed by atoms with Crippen molar-refractivity contribution in [2.75, 3.05) is 46.1 Å². The molecule has 1 aromatic rings. The van der Waals surface area contributed by atoms with Gasteiger partial charge in [0.2, 0.25) is 0 Å². The molecular formula is C15H23F2N3O. The fourth-order valence-corrected chi connectivity index (χ4v) is 2.02. The quantitative estimate of drug-likeness (QED) is 0.840. The Morgan fingerprint density at radius 3 is 2.14 bits per heavy atom. The van der Waals surface area contributed by atoms with E-state index in [1.807, 2.05) is 25.9 Å². The molecule has 0 aliphatic carbocycles. The van der Waals surface area contributed by atoms with E-state index in [2.05, 4.69) is 5.32 Å². The van der Waals surface area contributed by atoms with Crippen LogP contribution in [0.3, 0.4) is 0 Å². The summed E-state index contributed by atoms with van der Waals surface area (Å²) in [6.07, 6.45) is 0.790. The van der Waals surface area contributed by atoms with Crippen molar-refractivity contribution >= 4 is 11.6 Å². The molecule has 1 N–H and O–H groups in total. The Labute approximate surface area is 124 Å². The zero-order valence-electron chi connectivity index (χ0n) is 13.0. The van der Waals surface area contributed by atoms with Gasteiger partial charge in [0.15, 0.2) is 0 Å². The summed E-state index contributed by atoms with van der Waals surface area (Å²) in [7, 11) is 5.26. The van der Waals surface area contributed by atoms with Crippen molar-refractivity contribution in [3.63, 3.8) is 0 Å². The van der Waals surface area contributed by atoms with Crippen molar-refractivity contribution < 1.29 is 13.6 Å². The number of anilines is 1. The molecule has 0 atom stereocenters. The first-order valence-corrected chi connectivity index (χ1v) is 7.01. The number of halogens is 2. The zero-order valence-corrected chi connectivity index (χ0v) is 13.0. The van der Waals surface area contributed by atoms with Crippen molar-refractivity contribution in [3.8, 4) is 0 Å². The first-order valence-electron chi connectivity index (χ1n) is 7.01. The van der Waals surface area contributed by atoms with Gasteiger partial charge in [-0.15, -0.1) is 0 Å². The fraction of sp³-hybridized carbons (Fsp3) is 0.533. The SMILES string of the molecule is CCCN(CCN(C)C)C(=O)c1cc(F)c(NC)c(F)c1. The molecule has 21 heavy (non-hydrogen) atoms. The van der Waals surface area contributed by atoms with E-state index in [1.165, 1.54) is 7.05 Å². The lowest BCUT2D eigenvalue weighted by molar-refractivity contribution is 0.0744. The molecule has 0 fully saturated rings. The molecule has 0 heterocycles. The van der Waals surface area contributed by atoms with Crippen molar-refractivity contribution in [1.82, 2.24) is 9.80 Å². The molecule has 1 rings (SSSR count). The van der Waals surface area contributed by atoms with E-state index in [4.69, 9.17) is 0 Å². The van der Waals surface area contributed by atoms with Crippen LogP contribution >= 0.6 is 0 Å². The standard InChI is InChI=1S/C15H23F2N3O/c1-5-6-20(8-7-19(3)4)15(21)11-9-12(16)14(18-2)13(17)10-11/h9-10,18H,5-8H2,1-4H3. The molecule has 1 amide bonds. The normalized spacial score (nSPS) is 10.8. The third kappa shape index (κ3) is 4.67. The lowest BCUT2D eigenvalue weighted by atomic mass is 10.1. The number of hydrogen-bond donors (Lipinski definition) is 1. The van der Waals surface area contributed by atoms with E-state index < -0.39 is 11.6 Å². The van der Waals surface area contributed by atoms with Crippen molar-refractivity contribution in [2.45, 2.75) is 13.3 Å². The summed E-state index contributed by atoms with van der Waals surface area (Å²) in [5.41, 5.74) is -0.182. The first-order chi connectivity index (χ1) is 9.90. The predicted molar refractivity (Wildman–Crippen MR) is 80.7 cm³/mol. The number of carbonyl (C=O) groups is 1. The molecule has 0 aromatic heterocycles. The van der Waals surface area contributed by atoms with Gasteiger partial charge in [0.1, 0.15) is 17.3 Å². The number of rotatable bonds is 7. The van der Waals surface area contributed by atoms with E-state index in [-0.39, 0.29) is 17.2 Å². The molecule has 0 saturated heterocycles. The van der Waals surface area contributed by atoms with Crippen LogP contribution in [0.2, 0.25) is 0 Å². The topological polar surface area (TPSA) is 35.6 Å². The Hall–Kier alpha value is -1.69. The van der Waals surface area contributed by atoms with Crippen LogP contribution in [-0.2, 0) is 0 Å². The van der Waals surface area contributed by atoms with Crippen LogP contribution in [0, 0.1) is 11.6 Å². The van der Waals surface area contributed by atoms with Gasteiger partial charge < -0.3 is 15.1 Å². The maximum absolute atomic E-state index is 13.8. The van der Waals surface area contributed by atoms with Gasteiger partial charge in [-0.3, -0.25) is 4.79 Å². The highest BCUT2D eigenvalue weighted by Crippen LogP contribution is 2.21. The largest absolute Gasteiger partial charge is 0.383 e. The molecule has 0 unspecified atom stereocenters. The van der Waals surface area contributed by atoms with Crippen LogP contribution in [0.4, 0.5) is 14.5 Å². The van der Waals surface area contributed by atoms with Crippen LogP contribution < -0.4 is 5.32 Å². The van der Waals surface area contributed by atoms with Crippen LogP contribution in [0.15, 0.2) is 12.1 Å². The summed E-state index contributed by atoms with van der Waals surface area (Å²) in [4.78, 5) is 16.0. The average molecular weight is 299 g/mol. The molecule has 0 spiro atoms. The Morgan fingerprint density at radius 1 is 1.14 bits per heavy atom. The molecule has 118 valence electrons. The van der Waals surface area contributed by atoms with Gasteiger partial charge in [0.25, 0.3) is 5.91 Å². The van der Waals surface area contributed by atoms with Crippen molar-refractivity contribution in [2.24, 2.45) is 0 Å². The smallest absolute Gasteiger partial charge is 0.254 e. The van der Waals surface area contributed by atoms with Crippen LogP contribution in [-0.4, -0.2) is 56.5 Å². The molecular weight excluding hydrogens is 276 g/mol. The Morgan fingerprint density at radius 2 is 1.71 bits per heavy atom. The van der Waals surface area contributed by atoms with Crippen molar-refractivity contribution in [3.05, 3.63) is 29.3 Å². The molecule has 1 aromatic carbocycles. The second kappa shape index (κ2) is 7.93.